The van der Waals surface area contributed by atoms with Crippen molar-refractivity contribution in [2.75, 3.05) is 16.2 Å². The SMILES string of the molecule is CC(C)CN1C(=O)CCc2cc(NS(=O)(=O)c3ccc(F)cc3F)ccc21. The molecule has 0 aliphatic carbocycles. The molecule has 0 bridgehead atoms. The van der Waals surface area contributed by atoms with Gasteiger partial charge in [-0.1, -0.05) is 13.8 Å². The molecule has 3 rings (SSSR count). The largest absolute Gasteiger partial charge is 0.312 e. The lowest BCUT2D eigenvalue weighted by atomic mass is 9.99. The van der Waals surface area contributed by atoms with Gasteiger partial charge in [-0.15, -0.1) is 0 Å². The first kappa shape index (κ1) is 19.3. The number of carbonyl (C=O) groups is 1. The first-order valence-corrected chi connectivity index (χ1v) is 10.1. The Hall–Kier alpha value is -2.48. The summed E-state index contributed by atoms with van der Waals surface area (Å²) in [5, 5.41) is 0. The number of amides is 1. The highest BCUT2D eigenvalue weighted by Crippen LogP contribution is 2.32. The summed E-state index contributed by atoms with van der Waals surface area (Å²) >= 11 is 0. The lowest BCUT2D eigenvalue weighted by Gasteiger charge is -2.31. The molecule has 27 heavy (non-hydrogen) atoms. The van der Waals surface area contributed by atoms with Gasteiger partial charge in [0.15, 0.2) is 0 Å². The number of aryl methyl sites for hydroxylation is 1. The Morgan fingerprint density at radius 3 is 2.52 bits per heavy atom. The van der Waals surface area contributed by atoms with Crippen LogP contribution >= 0.6 is 0 Å². The Labute approximate surface area is 157 Å². The van der Waals surface area contributed by atoms with Crippen LogP contribution in [0.4, 0.5) is 20.2 Å². The molecule has 0 saturated heterocycles. The Morgan fingerprint density at radius 1 is 1.11 bits per heavy atom. The number of hydrogen-bond donors (Lipinski definition) is 1. The Morgan fingerprint density at radius 2 is 1.85 bits per heavy atom. The number of hydrogen-bond acceptors (Lipinski definition) is 3. The van der Waals surface area contributed by atoms with Crippen molar-refractivity contribution in [1.82, 2.24) is 0 Å². The van der Waals surface area contributed by atoms with Gasteiger partial charge in [0.05, 0.1) is 0 Å². The normalized spacial score (nSPS) is 14.4. The minimum atomic E-state index is -4.20. The number of nitrogens with one attached hydrogen (secondary N) is 1. The molecule has 1 heterocycles. The summed E-state index contributed by atoms with van der Waals surface area (Å²) in [4.78, 5) is 13.3. The van der Waals surface area contributed by atoms with Gasteiger partial charge in [-0.05, 0) is 48.2 Å². The summed E-state index contributed by atoms with van der Waals surface area (Å²) in [6, 6.07) is 7.16. The number of carbonyl (C=O) groups excluding carboxylic acids is 1. The fraction of sp³-hybridized carbons (Fsp3) is 0.316. The maximum atomic E-state index is 13.8. The van der Waals surface area contributed by atoms with Crippen molar-refractivity contribution in [1.29, 1.82) is 0 Å². The lowest BCUT2D eigenvalue weighted by Crippen LogP contribution is -2.37. The van der Waals surface area contributed by atoms with Crippen LogP contribution in [0.25, 0.3) is 0 Å². The van der Waals surface area contributed by atoms with Crippen LogP contribution < -0.4 is 9.62 Å². The highest BCUT2D eigenvalue weighted by molar-refractivity contribution is 7.92. The zero-order valence-electron chi connectivity index (χ0n) is 15.0. The van der Waals surface area contributed by atoms with Crippen LogP contribution in [0, 0.1) is 17.6 Å². The molecule has 144 valence electrons. The third-order valence-electron chi connectivity index (χ3n) is 4.26. The Kier molecular flexibility index (Phi) is 5.19. The van der Waals surface area contributed by atoms with Gasteiger partial charge in [0.1, 0.15) is 16.5 Å². The summed E-state index contributed by atoms with van der Waals surface area (Å²) in [6.07, 6.45) is 0.853. The molecular weight excluding hydrogens is 374 g/mol. The van der Waals surface area contributed by atoms with Crippen molar-refractivity contribution in [3.8, 4) is 0 Å². The van der Waals surface area contributed by atoms with Crippen molar-refractivity contribution >= 4 is 27.3 Å². The van der Waals surface area contributed by atoms with Crippen LogP contribution in [0.1, 0.15) is 25.8 Å². The maximum absolute atomic E-state index is 13.8. The van der Waals surface area contributed by atoms with Crippen LogP contribution in [0.5, 0.6) is 0 Å². The summed E-state index contributed by atoms with van der Waals surface area (Å²) in [6.45, 7) is 4.61. The quantitative estimate of drug-likeness (QED) is 0.841. The lowest BCUT2D eigenvalue weighted by molar-refractivity contribution is -0.119. The van der Waals surface area contributed by atoms with E-state index in [0.717, 1.165) is 23.4 Å². The highest BCUT2D eigenvalue weighted by Gasteiger charge is 2.26. The second-order valence-electron chi connectivity index (χ2n) is 6.92. The molecule has 1 amide bonds. The van der Waals surface area contributed by atoms with Gasteiger partial charge in [-0.25, -0.2) is 17.2 Å². The molecule has 1 N–H and O–H groups in total. The fourth-order valence-electron chi connectivity index (χ4n) is 3.09. The third-order valence-corrected chi connectivity index (χ3v) is 5.68. The third kappa shape index (κ3) is 4.10. The number of nitrogens with zero attached hydrogens (tertiary/aromatic N) is 1. The summed E-state index contributed by atoms with van der Waals surface area (Å²) in [7, 11) is -4.20. The van der Waals surface area contributed by atoms with Gasteiger partial charge in [0.2, 0.25) is 5.91 Å². The van der Waals surface area contributed by atoms with E-state index in [9.17, 15) is 22.0 Å². The minimum absolute atomic E-state index is 0.0397. The van der Waals surface area contributed by atoms with Crippen molar-refractivity contribution < 1.29 is 22.0 Å². The van der Waals surface area contributed by atoms with Crippen LogP contribution in [0.15, 0.2) is 41.3 Å². The standard InChI is InChI=1S/C19H20F2N2O3S/c1-12(2)11-23-17-6-5-15(9-13(17)3-8-19(23)24)22-27(25,26)18-7-4-14(20)10-16(18)21/h4-7,9-10,12,22H,3,8,11H2,1-2H3. The predicted octanol–water partition coefficient (Wildman–Crippen LogP) is 3.70. The van der Waals surface area contributed by atoms with E-state index in [1.165, 1.54) is 6.07 Å². The second kappa shape index (κ2) is 7.26. The predicted molar refractivity (Wildman–Crippen MR) is 99.1 cm³/mol. The smallest absolute Gasteiger partial charge is 0.264 e. The summed E-state index contributed by atoms with van der Waals surface area (Å²) < 4.78 is 54.0. The monoisotopic (exact) mass is 394 g/mol. The molecule has 2 aromatic rings. The molecule has 2 aromatic carbocycles. The van der Waals surface area contributed by atoms with Crippen LogP contribution in [0.2, 0.25) is 0 Å². The van der Waals surface area contributed by atoms with Crippen molar-refractivity contribution in [2.24, 2.45) is 5.92 Å². The van der Waals surface area contributed by atoms with Crippen LogP contribution in [-0.4, -0.2) is 20.9 Å². The molecule has 5 nitrogen and oxygen atoms in total. The van der Waals surface area contributed by atoms with Gasteiger partial charge in [-0.2, -0.15) is 0 Å². The number of anilines is 2. The molecule has 0 fully saturated rings. The summed E-state index contributed by atoms with van der Waals surface area (Å²) in [5.74, 6) is -1.68. The van der Waals surface area contributed by atoms with Crippen LogP contribution in [-0.2, 0) is 21.2 Å². The van der Waals surface area contributed by atoms with Gasteiger partial charge in [0, 0.05) is 30.4 Å². The molecule has 0 radical (unpaired) electrons. The number of halogens is 2. The molecule has 0 spiro atoms. The average Bonchev–Trinajstić information content (AvgIpc) is 2.56. The fourth-order valence-corrected chi connectivity index (χ4v) is 4.20. The number of fused-ring (bicyclic) bond motifs is 1. The molecule has 1 aliphatic heterocycles. The zero-order valence-corrected chi connectivity index (χ0v) is 15.8. The van der Waals surface area contributed by atoms with Gasteiger partial charge < -0.3 is 4.90 Å². The first-order chi connectivity index (χ1) is 12.7. The molecular formula is C19H20F2N2O3S. The number of rotatable bonds is 5. The second-order valence-corrected chi connectivity index (χ2v) is 8.57. The van der Waals surface area contributed by atoms with Gasteiger partial charge in [-0.3, -0.25) is 9.52 Å². The number of sulfonamides is 1. The van der Waals surface area contributed by atoms with Gasteiger partial charge >= 0.3 is 0 Å². The summed E-state index contributed by atoms with van der Waals surface area (Å²) in [5.41, 5.74) is 1.86. The van der Waals surface area contributed by atoms with E-state index in [2.05, 4.69) is 4.72 Å². The topological polar surface area (TPSA) is 66.5 Å². The van der Waals surface area contributed by atoms with E-state index in [1.807, 2.05) is 13.8 Å². The van der Waals surface area contributed by atoms with Crippen molar-refractivity contribution in [3.05, 3.63) is 53.6 Å². The van der Waals surface area contributed by atoms with Crippen molar-refractivity contribution in [3.63, 3.8) is 0 Å². The Bertz CT molecular complexity index is 990. The Balaban J connectivity index is 1.90. The molecule has 1 aliphatic rings. The van der Waals surface area contributed by atoms with Crippen molar-refractivity contribution in [2.45, 2.75) is 31.6 Å². The molecule has 0 aromatic heterocycles. The minimum Gasteiger partial charge on any atom is -0.312 e. The van der Waals surface area contributed by atoms with Gasteiger partial charge in [0.25, 0.3) is 10.0 Å². The first-order valence-electron chi connectivity index (χ1n) is 8.58. The van der Waals surface area contributed by atoms with E-state index < -0.39 is 26.6 Å². The van der Waals surface area contributed by atoms with E-state index in [-0.39, 0.29) is 11.6 Å². The molecule has 0 unspecified atom stereocenters. The zero-order chi connectivity index (χ0) is 19.8. The average molecular weight is 394 g/mol. The van der Waals surface area contributed by atoms with E-state index >= 15 is 0 Å². The molecule has 0 saturated carbocycles. The molecule has 0 atom stereocenters. The highest BCUT2D eigenvalue weighted by atomic mass is 32.2. The maximum Gasteiger partial charge on any atom is 0.264 e. The van der Waals surface area contributed by atoms with E-state index in [4.69, 9.17) is 0 Å². The molecule has 8 heteroatoms. The van der Waals surface area contributed by atoms with E-state index in [1.54, 1.807) is 17.0 Å². The van der Waals surface area contributed by atoms with E-state index in [0.29, 0.717) is 31.4 Å². The number of benzene rings is 2. The van der Waals surface area contributed by atoms with Crippen LogP contribution in [0.3, 0.4) is 0 Å².